The highest BCUT2D eigenvalue weighted by atomic mass is 32.2. The van der Waals surface area contributed by atoms with E-state index in [9.17, 15) is 26.4 Å². The second-order valence-corrected chi connectivity index (χ2v) is 12.2. The Morgan fingerprint density at radius 3 is 2.62 bits per heavy atom. The smallest absolute Gasteiger partial charge is 0.267 e. The van der Waals surface area contributed by atoms with Gasteiger partial charge in [-0.1, -0.05) is 18.6 Å². The van der Waals surface area contributed by atoms with Crippen LogP contribution in [0.5, 0.6) is 0 Å². The Morgan fingerprint density at radius 1 is 1.18 bits per heavy atom. The molecular formula is C26H28F3N7O3S+. The van der Waals surface area contributed by atoms with E-state index in [2.05, 4.69) is 15.0 Å². The lowest BCUT2D eigenvalue weighted by Crippen LogP contribution is -2.46. The van der Waals surface area contributed by atoms with Crippen molar-refractivity contribution >= 4 is 22.1 Å². The number of azo groups is 1. The highest BCUT2D eigenvalue weighted by molar-refractivity contribution is 7.87. The molecule has 0 amide bonds. The molecule has 0 bridgehead atoms. The summed E-state index contributed by atoms with van der Waals surface area (Å²) < 4.78 is 74.8. The molecule has 2 aromatic heterocycles. The van der Waals surface area contributed by atoms with Gasteiger partial charge < -0.3 is 0 Å². The topological polar surface area (TPSA) is 104 Å². The molecule has 3 aliphatic rings. The second-order valence-electron chi connectivity index (χ2n) is 10.4. The summed E-state index contributed by atoms with van der Waals surface area (Å²) in [5.41, 5.74) is -0.609. The molecule has 10 nitrogen and oxygen atoms in total. The zero-order chi connectivity index (χ0) is 28.2. The number of imidazole rings is 1. The zero-order valence-corrected chi connectivity index (χ0v) is 22.5. The fourth-order valence-electron chi connectivity index (χ4n) is 5.63. The van der Waals surface area contributed by atoms with E-state index in [4.69, 9.17) is 0 Å². The van der Waals surface area contributed by atoms with Gasteiger partial charge in [-0.3, -0.25) is 8.97 Å². The highest BCUT2D eigenvalue weighted by Crippen LogP contribution is 2.46. The van der Waals surface area contributed by atoms with Crippen LogP contribution in [0.15, 0.2) is 57.7 Å². The number of likely N-dealkylation sites (N-methyl/N-ethyl adjacent to an activating group) is 1. The Kier molecular flexibility index (Phi) is 6.66. The van der Waals surface area contributed by atoms with Crippen molar-refractivity contribution in [3.05, 3.63) is 76.1 Å². The molecule has 3 aromatic rings. The van der Waals surface area contributed by atoms with Gasteiger partial charge in [0.1, 0.15) is 0 Å². The molecule has 6 rings (SSSR count). The second kappa shape index (κ2) is 9.93. The third kappa shape index (κ3) is 4.77. The maximum atomic E-state index is 14.2. The molecule has 0 spiro atoms. The predicted molar refractivity (Wildman–Crippen MR) is 140 cm³/mol. The van der Waals surface area contributed by atoms with Gasteiger partial charge in [0, 0.05) is 32.0 Å². The molecule has 0 unspecified atom stereocenters. The molecule has 14 heteroatoms. The molecule has 1 aromatic carbocycles. The Bertz CT molecular complexity index is 1690. The third-order valence-electron chi connectivity index (χ3n) is 7.85. The number of nitrogens with one attached hydrogen (secondary N) is 1. The lowest BCUT2D eigenvalue weighted by Gasteiger charge is -2.34. The summed E-state index contributed by atoms with van der Waals surface area (Å²) in [5, 5.41) is 8.35. The van der Waals surface area contributed by atoms with Gasteiger partial charge in [0.2, 0.25) is 0 Å². The molecule has 211 valence electrons. The van der Waals surface area contributed by atoms with Crippen molar-refractivity contribution < 1.29 is 26.2 Å². The van der Waals surface area contributed by atoms with Crippen LogP contribution in [0.25, 0.3) is 11.2 Å². The van der Waals surface area contributed by atoms with E-state index in [1.54, 1.807) is 18.5 Å². The quantitative estimate of drug-likeness (QED) is 0.454. The number of alkyl halides is 3. The normalized spacial score (nSPS) is 21.1. The SMILES string of the molecule is C[N+]1=CN=N[C]1[C@@H](c1cccc(-n2cc3c(C(F)(F)F)cc(CN4CCCNS4(=O)=O)cn3c2=O)c1)C1CCC1. The number of pyridine rings is 1. The first-order valence-corrected chi connectivity index (χ1v) is 14.5. The maximum Gasteiger partial charge on any atom is 0.418 e. The van der Waals surface area contributed by atoms with Gasteiger partial charge in [-0.25, -0.2) is 14.1 Å². The number of rotatable bonds is 6. The number of aromatic nitrogens is 2. The van der Waals surface area contributed by atoms with Gasteiger partial charge in [0.05, 0.1) is 34.8 Å². The average Bonchev–Trinajstić information content (AvgIpc) is 3.44. The molecule has 4 heterocycles. The van der Waals surface area contributed by atoms with Crippen LogP contribution < -0.4 is 10.4 Å². The summed E-state index contributed by atoms with van der Waals surface area (Å²) in [6, 6.07) is 8.14. The summed E-state index contributed by atoms with van der Waals surface area (Å²) in [5.74, 6) is 0.286. The molecule has 1 aliphatic carbocycles. The van der Waals surface area contributed by atoms with E-state index in [-0.39, 0.29) is 36.6 Å². The van der Waals surface area contributed by atoms with Gasteiger partial charge >= 0.3 is 24.4 Å². The van der Waals surface area contributed by atoms with Crippen LogP contribution in [0.3, 0.4) is 0 Å². The van der Waals surface area contributed by atoms with E-state index >= 15 is 0 Å². The van der Waals surface area contributed by atoms with Crippen molar-refractivity contribution in [1.29, 1.82) is 0 Å². The number of benzene rings is 1. The van der Waals surface area contributed by atoms with Crippen LogP contribution in [0.1, 0.15) is 48.3 Å². The minimum Gasteiger partial charge on any atom is -0.267 e. The Balaban J connectivity index is 1.43. The lowest BCUT2D eigenvalue weighted by atomic mass is 9.71. The summed E-state index contributed by atoms with van der Waals surface area (Å²) in [7, 11) is -1.94. The number of nitrogens with zero attached hydrogens (tertiary/aromatic N) is 6. The van der Waals surface area contributed by atoms with Crippen molar-refractivity contribution in [2.24, 2.45) is 16.1 Å². The fourth-order valence-corrected chi connectivity index (χ4v) is 6.90. The minimum absolute atomic E-state index is 0.0630. The Morgan fingerprint density at radius 2 is 1.98 bits per heavy atom. The van der Waals surface area contributed by atoms with E-state index in [1.807, 2.05) is 23.8 Å². The van der Waals surface area contributed by atoms with Crippen molar-refractivity contribution in [3.8, 4) is 5.69 Å². The van der Waals surface area contributed by atoms with Gasteiger partial charge in [-0.15, -0.1) is 0 Å². The number of hydrogen-bond acceptors (Lipinski definition) is 5. The Hall–Kier alpha value is -3.36. The van der Waals surface area contributed by atoms with E-state index in [1.165, 1.54) is 17.0 Å². The average molecular weight is 576 g/mol. The van der Waals surface area contributed by atoms with Crippen LogP contribution in [0.4, 0.5) is 13.2 Å². The van der Waals surface area contributed by atoms with Crippen LogP contribution in [0.2, 0.25) is 0 Å². The maximum absolute atomic E-state index is 14.2. The predicted octanol–water partition coefficient (Wildman–Crippen LogP) is 3.66. The van der Waals surface area contributed by atoms with Crippen LogP contribution in [-0.4, -0.2) is 52.7 Å². The van der Waals surface area contributed by atoms with Crippen LogP contribution in [0, 0.1) is 12.1 Å². The molecule has 40 heavy (non-hydrogen) atoms. The standard InChI is InChI=1S/C26H28F3N7O3S/c1-33-16-30-32-24(33)23(18-5-2-6-18)19-7-3-8-20(12-19)35-15-22-21(26(27,28)29)11-17(14-36(22)25(35)37)13-34-10-4-9-31-40(34,38)39/h3,7-8,11-12,14-16,18,23,31H,2,4-6,9-10,13H2,1H3/q+1/t23-/m1/s1. The first-order chi connectivity index (χ1) is 19.0. The van der Waals surface area contributed by atoms with E-state index in [0.717, 1.165) is 45.8 Å². The molecule has 2 aliphatic heterocycles. The molecule has 1 radical (unpaired) electrons. The van der Waals surface area contributed by atoms with Gasteiger partial charge in [0.25, 0.3) is 10.2 Å². The van der Waals surface area contributed by atoms with Crippen molar-refractivity contribution in [2.75, 3.05) is 20.1 Å². The summed E-state index contributed by atoms with van der Waals surface area (Å²) in [4.78, 5) is 13.5. The largest absolute Gasteiger partial charge is 0.418 e. The van der Waals surface area contributed by atoms with Crippen molar-refractivity contribution in [3.63, 3.8) is 0 Å². The number of fused-ring (bicyclic) bond motifs is 1. The zero-order valence-electron chi connectivity index (χ0n) is 21.7. The number of halogens is 3. The molecular weight excluding hydrogens is 547 g/mol. The summed E-state index contributed by atoms with van der Waals surface area (Å²) in [6.45, 7) is 0.151. The molecule has 1 saturated heterocycles. The summed E-state index contributed by atoms with van der Waals surface area (Å²) in [6.07, 6.45) is 3.83. The Labute approximate surface area is 228 Å². The van der Waals surface area contributed by atoms with Crippen LogP contribution >= 0.6 is 0 Å². The molecule has 1 saturated carbocycles. The van der Waals surface area contributed by atoms with Crippen molar-refractivity contribution in [1.82, 2.24) is 18.0 Å². The van der Waals surface area contributed by atoms with E-state index < -0.39 is 27.6 Å². The van der Waals surface area contributed by atoms with Crippen LogP contribution in [-0.2, 0) is 22.9 Å². The molecule has 1 atom stereocenters. The number of hydrogen-bond donors (Lipinski definition) is 1. The third-order valence-corrected chi connectivity index (χ3v) is 9.41. The molecule has 1 N–H and O–H groups in total. The van der Waals surface area contributed by atoms with E-state index in [0.29, 0.717) is 18.0 Å². The van der Waals surface area contributed by atoms with Crippen molar-refractivity contribution in [2.45, 2.75) is 44.3 Å². The minimum atomic E-state index is -4.76. The fraction of sp³-hybridized carbons (Fsp3) is 0.423. The summed E-state index contributed by atoms with van der Waals surface area (Å²) >= 11 is 0. The molecule has 2 fully saturated rings. The lowest BCUT2D eigenvalue weighted by molar-refractivity contribution is -0.480. The van der Waals surface area contributed by atoms with Gasteiger partial charge in [0.15, 0.2) is 0 Å². The highest BCUT2D eigenvalue weighted by Gasteiger charge is 2.42. The van der Waals surface area contributed by atoms with Gasteiger partial charge in [-0.2, -0.15) is 25.9 Å². The first kappa shape index (κ1) is 26.8. The van der Waals surface area contributed by atoms with Gasteiger partial charge in [-0.05, 0) is 59.6 Å². The first-order valence-electron chi connectivity index (χ1n) is 13.1. The monoisotopic (exact) mass is 575 g/mol.